The minimum absolute atomic E-state index is 0.366. The normalized spacial score (nSPS) is 11.1. The zero-order valence-corrected chi connectivity index (χ0v) is 16.2. The van der Waals surface area contributed by atoms with E-state index >= 15 is 0 Å². The molecule has 0 saturated carbocycles. The second-order valence-electron chi connectivity index (χ2n) is 5.67. The van der Waals surface area contributed by atoms with E-state index in [-0.39, 0.29) is 0 Å². The van der Waals surface area contributed by atoms with Crippen molar-refractivity contribution in [3.05, 3.63) is 63.4 Å². The summed E-state index contributed by atoms with van der Waals surface area (Å²) in [6, 6.07) is 12.4. The van der Waals surface area contributed by atoms with Gasteiger partial charge in [0.25, 0.3) is 0 Å². The molecule has 3 aromatic rings. The van der Waals surface area contributed by atoms with Gasteiger partial charge in [0.05, 0.1) is 17.1 Å². The summed E-state index contributed by atoms with van der Waals surface area (Å²) in [7, 11) is 1.94. The molecule has 26 heavy (non-hydrogen) atoms. The maximum absolute atomic E-state index is 6.17. The van der Waals surface area contributed by atoms with Crippen LogP contribution in [0.5, 0.6) is 5.75 Å². The predicted molar refractivity (Wildman–Crippen MR) is 103 cm³/mol. The van der Waals surface area contributed by atoms with E-state index in [0.29, 0.717) is 52.1 Å². The van der Waals surface area contributed by atoms with Gasteiger partial charge in [0, 0.05) is 16.6 Å². The highest BCUT2D eigenvalue weighted by atomic mass is 35.5. The van der Waals surface area contributed by atoms with Gasteiger partial charge in [-0.05, 0) is 43.4 Å². The lowest BCUT2D eigenvalue weighted by atomic mass is 10.2. The molecule has 0 atom stereocenters. The molecular formula is C18H16Cl3N3O2. The third kappa shape index (κ3) is 5.11. The molecule has 1 aromatic heterocycles. The summed E-state index contributed by atoms with van der Waals surface area (Å²) < 4.78 is 11.4. The summed E-state index contributed by atoms with van der Waals surface area (Å²) in [5.41, 5.74) is 0.654. The first-order chi connectivity index (χ1) is 12.5. The zero-order valence-electron chi connectivity index (χ0n) is 14.0. The standard InChI is InChI=1S/C18H16Cl3N3O2/c1-24(7-8-25-14-4-2-3-12(19)9-14)11-17-22-23-18(26-17)15-6-5-13(20)10-16(15)21/h2-6,9-10H,7-8,11H2,1H3. The van der Waals surface area contributed by atoms with Crippen molar-refractivity contribution in [3.8, 4) is 17.2 Å². The van der Waals surface area contributed by atoms with E-state index in [4.69, 9.17) is 44.0 Å². The molecule has 0 aliphatic rings. The lowest BCUT2D eigenvalue weighted by Gasteiger charge is -2.14. The van der Waals surface area contributed by atoms with Crippen molar-refractivity contribution in [2.75, 3.05) is 20.2 Å². The average molecular weight is 413 g/mol. The molecule has 136 valence electrons. The summed E-state index contributed by atoms with van der Waals surface area (Å²) >= 11 is 18.0. The Morgan fingerprint density at radius 3 is 2.62 bits per heavy atom. The van der Waals surface area contributed by atoms with E-state index in [9.17, 15) is 0 Å². The van der Waals surface area contributed by atoms with Gasteiger partial charge in [-0.2, -0.15) is 0 Å². The first-order valence-electron chi connectivity index (χ1n) is 7.86. The summed E-state index contributed by atoms with van der Waals surface area (Å²) in [5.74, 6) is 1.60. The highest BCUT2D eigenvalue weighted by Crippen LogP contribution is 2.29. The summed E-state index contributed by atoms with van der Waals surface area (Å²) in [6.07, 6.45) is 0. The zero-order chi connectivity index (χ0) is 18.5. The fourth-order valence-corrected chi connectivity index (χ4v) is 2.94. The molecule has 8 heteroatoms. The van der Waals surface area contributed by atoms with E-state index in [1.54, 1.807) is 30.3 Å². The Labute approximate surface area is 166 Å². The van der Waals surface area contributed by atoms with Crippen LogP contribution in [0.25, 0.3) is 11.5 Å². The van der Waals surface area contributed by atoms with E-state index in [0.717, 1.165) is 5.75 Å². The van der Waals surface area contributed by atoms with Crippen LogP contribution in [0.3, 0.4) is 0 Å². The molecule has 0 radical (unpaired) electrons. The molecule has 0 unspecified atom stereocenters. The molecule has 0 saturated heterocycles. The van der Waals surface area contributed by atoms with Crippen LogP contribution in [0.2, 0.25) is 15.1 Å². The summed E-state index contributed by atoms with van der Waals surface area (Å²) in [4.78, 5) is 2.02. The molecule has 0 fully saturated rings. The lowest BCUT2D eigenvalue weighted by molar-refractivity contribution is 0.220. The van der Waals surface area contributed by atoms with Gasteiger partial charge in [-0.1, -0.05) is 40.9 Å². The van der Waals surface area contributed by atoms with E-state index in [2.05, 4.69) is 10.2 Å². The maximum Gasteiger partial charge on any atom is 0.249 e. The number of hydrogen-bond donors (Lipinski definition) is 0. The van der Waals surface area contributed by atoms with Gasteiger partial charge < -0.3 is 9.15 Å². The van der Waals surface area contributed by atoms with Gasteiger partial charge in [-0.3, -0.25) is 4.90 Å². The molecule has 0 bridgehead atoms. The molecule has 3 rings (SSSR count). The number of benzene rings is 2. The number of likely N-dealkylation sites (N-methyl/N-ethyl adjacent to an activating group) is 1. The van der Waals surface area contributed by atoms with Gasteiger partial charge in [0.1, 0.15) is 12.4 Å². The number of halogens is 3. The fourth-order valence-electron chi connectivity index (χ4n) is 2.28. The highest BCUT2D eigenvalue weighted by molar-refractivity contribution is 6.36. The van der Waals surface area contributed by atoms with Crippen molar-refractivity contribution in [3.63, 3.8) is 0 Å². The molecule has 2 aromatic carbocycles. The molecule has 0 spiro atoms. The van der Waals surface area contributed by atoms with Gasteiger partial charge in [0.2, 0.25) is 11.8 Å². The Morgan fingerprint density at radius 2 is 1.85 bits per heavy atom. The molecular weight excluding hydrogens is 397 g/mol. The van der Waals surface area contributed by atoms with Crippen molar-refractivity contribution >= 4 is 34.8 Å². The molecule has 0 N–H and O–H groups in total. The molecule has 0 aliphatic carbocycles. The van der Waals surface area contributed by atoms with Crippen molar-refractivity contribution in [1.29, 1.82) is 0 Å². The second kappa shape index (κ2) is 8.73. The predicted octanol–water partition coefficient (Wildman–Crippen LogP) is 5.21. The quantitative estimate of drug-likeness (QED) is 0.533. The Balaban J connectivity index is 1.53. The molecule has 0 amide bonds. The Hall–Kier alpha value is -1.79. The second-order valence-corrected chi connectivity index (χ2v) is 6.95. The molecule has 5 nitrogen and oxygen atoms in total. The van der Waals surface area contributed by atoms with Crippen molar-refractivity contribution in [2.24, 2.45) is 0 Å². The molecule has 1 heterocycles. The van der Waals surface area contributed by atoms with Crippen LogP contribution in [0.15, 0.2) is 46.9 Å². The van der Waals surface area contributed by atoms with Crippen LogP contribution in [0.1, 0.15) is 5.89 Å². The van der Waals surface area contributed by atoms with Crippen molar-refractivity contribution in [1.82, 2.24) is 15.1 Å². The lowest BCUT2D eigenvalue weighted by Crippen LogP contribution is -2.24. The van der Waals surface area contributed by atoms with Crippen LogP contribution in [-0.2, 0) is 6.54 Å². The highest BCUT2D eigenvalue weighted by Gasteiger charge is 2.13. The molecule has 0 aliphatic heterocycles. The van der Waals surface area contributed by atoms with Crippen LogP contribution in [0, 0.1) is 0 Å². The first kappa shape index (κ1) is 19.0. The van der Waals surface area contributed by atoms with E-state index in [1.807, 2.05) is 24.1 Å². The number of rotatable bonds is 7. The van der Waals surface area contributed by atoms with Crippen LogP contribution in [0.4, 0.5) is 0 Å². The Bertz CT molecular complexity index is 886. The number of aromatic nitrogens is 2. The Morgan fingerprint density at radius 1 is 1.04 bits per heavy atom. The van der Waals surface area contributed by atoms with E-state index < -0.39 is 0 Å². The van der Waals surface area contributed by atoms with Crippen LogP contribution < -0.4 is 4.74 Å². The van der Waals surface area contributed by atoms with Gasteiger partial charge >= 0.3 is 0 Å². The van der Waals surface area contributed by atoms with Gasteiger partial charge in [-0.25, -0.2) is 0 Å². The van der Waals surface area contributed by atoms with Crippen molar-refractivity contribution < 1.29 is 9.15 Å². The average Bonchev–Trinajstić information content (AvgIpc) is 3.03. The minimum atomic E-state index is 0.366. The monoisotopic (exact) mass is 411 g/mol. The number of ether oxygens (including phenoxy) is 1. The first-order valence-corrected chi connectivity index (χ1v) is 8.99. The third-order valence-electron chi connectivity index (χ3n) is 3.57. The van der Waals surface area contributed by atoms with Crippen LogP contribution in [-0.4, -0.2) is 35.3 Å². The SMILES string of the molecule is CN(CCOc1cccc(Cl)c1)Cc1nnc(-c2ccc(Cl)cc2Cl)o1. The topological polar surface area (TPSA) is 51.4 Å². The smallest absolute Gasteiger partial charge is 0.249 e. The van der Waals surface area contributed by atoms with Gasteiger partial charge in [-0.15, -0.1) is 10.2 Å². The summed E-state index contributed by atoms with van der Waals surface area (Å²) in [5, 5.41) is 9.79. The number of hydrogen-bond acceptors (Lipinski definition) is 5. The number of nitrogens with zero attached hydrogens (tertiary/aromatic N) is 3. The van der Waals surface area contributed by atoms with Crippen LogP contribution >= 0.6 is 34.8 Å². The fraction of sp³-hybridized carbons (Fsp3) is 0.222. The van der Waals surface area contributed by atoms with Gasteiger partial charge in [0.15, 0.2) is 0 Å². The summed E-state index contributed by atoms with van der Waals surface area (Å²) in [6.45, 7) is 1.70. The Kier molecular flexibility index (Phi) is 6.38. The van der Waals surface area contributed by atoms with E-state index in [1.165, 1.54) is 0 Å². The third-order valence-corrected chi connectivity index (χ3v) is 4.35. The largest absolute Gasteiger partial charge is 0.492 e. The maximum atomic E-state index is 6.17. The van der Waals surface area contributed by atoms with Crippen molar-refractivity contribution in [2.45, 2.75) is 6.54 Å². The minimum Gasteiger partial charge on any atom is -0.492 e.